The molecule has 21 heavy (non-hydrogen) atoms. The van der Waals surface area contributed by atoms with Gasteiger partial charge in [0.2, 0.25) is 0 Å². The smallest absolute Gasteiger partial charge is 0.337 e. The number of carbonyl (C=O) groups excluding carboxylic acids is 1. The summed E-state index contributed by atoms with van der Waals surface area (Å²) in [4.78, 5) is 23.0. The molecule has 0 heterocycles. The average molecular weight is 312 g/mol. The predicted octanol–water partition coefficient (Wildman–Crippen LogP) is 3.57. The van der Waals surface area contributed by atoms with Gasteiger partial charge in [0.1, 0.15) is 5.82 Å². The van der Waals surface area contributed by atoms with Crippen molar-refractivity contribution in [2.45, 2.75) is 0 Å². The Balaban J connectivity index is 2.36. The number of amides is 1. The van der Waals surface area contributed by atoms with Gasteiger partial charge >= 0.3 is 5.97 Å². The molecule has 4 nitrogen and oxygen atoms in total. The molecule has 2 aromatic carbocycles. The van der Waals surface area contributed by atoms with Crippen LogP contribution in [0.15, 0.2) is 36.4 Å². The van der Waals surface area contributed by atoms with Crippen LogP contribution in [0.2, 0.25) is 5.02 Å². The molecule has 0 saturated carbocycles. The van der Waals surface area contributed by atoms with E-state index < -0.39 is 29.1 Å². The first-order valence-electron chi connectivity index (χ1n) is 5.68. The molecule has 0 bridgehead atoms. The van der Waals surface area contributed by atoms with Crippen LogP contribution >= 0.6 is 11.6 Å². The maximum absolute atomic E-state index is 13.7. The lowest BCUT2D eigenvalue weighted by molar-refractivity contribution is 0.0697. The summed E-state index contributed by atoms with van der Waals surface area (Å²) in [6.07, 6.45) is 0. The number of anilines is 1. The van der Waals surface area contributed by atoms with Crippen LogP contribution in [0, 0.1) is 11.6 Å². The van der Waals surface area contributed by atoms with E-state index in [2.05, 4.69) is 5.32 Å². The third-order valence-corrected chi connectivity index (χ3v) is 2.95. The summed E-state index contributed by atoms with van der Waals surface area (Å²) in [5, 5.41) is 10.9. The first kappa shape index (κ1) is 14.9. The topological polar surface area (TPSA) is 66.4 Å². The molecule has 0 radical (unpaired) electrons. The third-order valence-electron chi connectivity index (χ3n) is 2.66. The maximum Gasteiger partial charge on any atom is 0.337 e. The molecular weight excluding hydrogens is 304 g/mol. The number of carbonyl (C=O) groups is 2. The number of hydrogen-bond donors (Lipinski definition) is 2. The van der Waals surface area contributed by atoms with Crippen molar-refractivity contribution in [3.05, 3.63) is 64.2 Å². The molecule has 7 heteroatoms. The molecule has 0 aliphatic rings. The van der Waals surface area contributed by atoms with E-state index in [1.165, 1.54) is 18.2 Å². The summed E-state index contributed by atoms with van der Waals surface area (Å²) in [7, 11) is 0. The fourth-order valence-corrected chi connectivity index (χ4v) is 1.85. The van der Waals surface area contributed by atoms with Crippen LogP contribution in [0.3, 0.4) is 0 Å². The fraction of sp³-hybridized carbons (Fsp3) is 0. The lowest BCUT2D eigenvalue weighted by Gasteiger charge is -2.09. The monoisotopic (exact) mass is 311 g/mol. The highest BCUT2D eigenvalue weighted by Crippen LogP contribution is 2.21. The second-order valence-electron chi connectivity index (χ2n) is 4.05. The van der Waals surface area contributed by atoms with Crippen LogP contribution in [0.4, 0.5) is 14.5 Å². The quantitative estimate of drug-likeness (QED) is 0.910. The van der Waals surface area contributed by atoms with Crippen molar-refractivity contribution in [1.82, 2.24) is 0 Å². The standard InChI is InChI=1S/C14H8ClF2NO3/c15-10-3-1-2-8(12(10)17)13(19)18-11-5-4-7(16)6-9(11)14(20)21/h1-6H,(H,18,19)(H,20,21). The van der Waals surface area contributed by atoms with Crippen molar-refractivity contribution in [3.8, 4) is 0 Å². The highest BCUT2D eigenvalue weighted by atomic mass is 35.5. The molecule has 108 valence electrons. The summed E-state index contributed by atoms with van der Waals surface area (Å²) >= 11 is 5.56. The highest BCUT2D eigenvalue weighted by molar-refractivity contribution is 6.31. The summed E-state index contributed by atoms with van der Waals surface area (Å²) < 4.78 is 26.7. The lowest BCUT2D eigenvalue weighted by atomic mass is 10.1. The summed E-state index contributed by atoms with van der Waals surface area (Å²) in [6, 6.07) is 6.67. The Morgan fingerprint density at radius 3 is 2.48 bits per heavy atom. The van der Waals surface area contributed by atoms with E-state index in [4.69, 9.17) is 16.7 Å². The number of carboxylic acids is 1. The van der Waals surface area contributed by atoms with Crippen molar-refractivity contribution < 1.29 is 23.5 Å². The molecule has 0 saturated heterocycles. The average Bonchev–Trinajstić information content (AvgIpc) is 2.43. The SMILES string of the molecule is O=C(O)c1cc(F)ccc1NC(=O)c1cccc(Cl)c1F. The van der Waals surface area contributed by atoms with Gasteiger partial charge in [-0.05, 0) is 30.3 Å². The van der Waals surface area contributed by atoms with E-state index in [0.29, 0.717) is 0 Å². The van der Waals surface area contributed by atoms with Gasteiger partial charge in [0, 0.05) is 0 Å². The van der Waals surface area contributed by atoms with Crippen molar-refractivity contribution in [3.63, 3.8) is 0 Å². The van der Waals surface area contributed by atoms with Crippen molar-refractivity contribution >= 4 is 29.2 Å². The number of carboxylic acid groups (broad SMARTS) is 1. The summed E-state index contributed by atoms with van der Waals surface area (Å²) in [5.74, 6) is -3.99. The van der Waals surface area contributed by atoms with Crippen LogP contribution in [0.5, 0.6) is 0 Å². The third kappa shape index (κ3) is 3.17. The van der Waals surface area contributed by atoms with E-state index in [1.54, 1.807) is 0 Å². The van der Waals surface area contributed by atoms with Gasteiger partial charge in [-0.1, -0.05) is 17.7 Å². The molecule has 0 aliphatic carbocycles. The summed E-state index contributed by atoms with van der Waals surface area (Å²) in [5.41, 5.74) is -0.928. The predicted molar refractivity (Wildman–Crippen MR) is 72.7 cm³/mol. The van der Waals surface area contributed by atoms with E-state index >= 15 is 0 Å². The van der Waals surface area contributed by atoms with Gasteiger partial charge in [-0.3, -0.25) is 4.79 Å². The zero-order chi connectivity index (χ0) is 15.6. The molecule has 2 aromatic rings. The molecular formula is C14H8ClF2NO3. The van der Waals surface area contributed by atoms with Crippen LogP contribution in [-0.2, 0) is 0 Å². The molecule has 0 unspecified atom stereocenters. The van der Waals surface area contributed by atoms with Gasteiger partial charge in [0.15, 0.2) is 5.82 Å². The Morgan fingerprint density at radius 2 is 1.81 bits per heavy atom. The molecule has 0 spiro atoms. The fourth-order valence-electron chi connectivity index (χ4n) is 1.67. The normalized spacial score (nSPS) is 10.2. The first-order valence-corrected chi connectivity index (χ1v) is 6.06. The second-order valence-corrected chi connectivity index (χ2v) is 4.46. The Labute approximate surface area is 123 Å². The van der Waals surface area contributed by atoms with Crippen molar-refractivity contribution in [1.29, 1.82) is 0 Å². The Hall–Kier alpha value is -2.47. The van der Waals surface area contributed by atoms with Crippen molar-refractivity contribution in [2.24, 2.45) is 0 Å². The zero-order valence-corrected chi connectivity index (χ0v) is 11.1. The number of benzene rings is 2. The van der Waals surface area contributed by atoms with Crippen LogP contribution in [0.25, 0.3) is 0 Å². The number of nitrogens with one attached hydrogen (secondary N) is 1. The van der Waals surface area contributed by atoms with E-state index in [0.717, 1.165) is 18.2 Å². The van der Waals surface area contributed by atoms with Gasteiger partial charge in [0.25, 0.3) is 5.91 Å². The zero-order valence-electron chi connectivity index (χ0n) is 10.4. The minimum absolute atomic E-state index is 0.145. The summed E-state index contributed by atoms with van der Waals surface area (Å²) in [6.45, 7) is 0. The highest BCUT2D eigenvalue weighted by Gasteiger charge is 2.18. The van der Waals surface area contributed by atoms with E-state index in [9.17, 15) is 18.4 Å². The Bertz CT molecular complexity index is 734. The molecule has 0 fully saturated rings. The van der Waals surface area contributed by atoms with E-state index in [1.807, 2.05) is 0 Å². The second kappa shape index (κ2) is 5.88. The minimum atomic E-state index is -1.42. The Kier molecular flexibility index (Phi) is 4.18. The van der Waals surface area contributed by atoms with Crippen LogP contribution in [-0.4, -0.2) is 17.0 Å². The molecule has 0 aliphatic heterocycles. The number of hydrogen-bond acceptors (Lipinski definition) is 2. The van der Waals surface area contributed by atoms with Gasteiger partial charge in [-0.15, -0.1) is 0 Å². The van der Waals surface area contributed by atoms with Crippen LogP contribution in [0.1, 0.15) is 20.7 Å². The number of aromatic carboxylic acids is 1. The van der Waals surface area contributed by atoms with Gasteiger partial charge in [-0.25, -0.2) is 13.6 Å². The van der Waals surface area contributed by atoms with E-state index in [-0.39, 0.29) is 16.3 Å². The molecule has 0 atom stereocenters. The van der Waals surface area contributed by atoms with Gasteiger partial charge in [0.05, 0.1) is 21.8 Å². The van der Waals surface area contributed by atoms with Crippen LogP contribution < -0.4 is 5.32 Å². The molecule has 2 N–H and O–H groups in total. The first-order chi connectivity index (χ1) is 9.90. The maximum atomic E-state index is 13.7. The Morgan fingerprint density at radius 1 is 1.10 bits per heavy atom. The number of halogens is 3. The molecule has 2 rings (SSSR count). The molecule has 1 amide bonds. The lowest BCUT2D eigenvalue weighted by Crippen LogP contribution is -2.16. The minimum Gasteiger partial charge on any atom is -0.478 e. The largest absolute Gasteiger partial charge is 0.478 e. The van der Waals surface area contributed by atoms with Crippen molar-refractivity contribution in [2.75, 3.05) is 5.32 Å². The number of rotatable bonds is 3. The van der Waals surface area contributed by atoms with Gasteiger partial charge in [-0.2, -0.15) is 0 Å². The molecule has 0 aromatic heterocycles. The van der Waals surface area contributed by atoms with Gasteiger partial charge < -0.3 is 10.4 Å².